The number of anilines is 1. The molecule has 1 unspecified atom stereocenters. The number of hydrogen-bond acceptors (Lipinski definition) is 2. The summed E-state index contributed by atoms with van der Waals surface area (Å²) in [5.41, 5.74) is 0.274. The molecule has 0 saturated carbocycles. The Morgan fingerprint density at radius 1 is 1.33 bits per heavy atom. The van der Waals surface area contributed by atoms with Crippen LogP contribution in [0.25, 0.3) is 0 Å². The third kappa shape index (κ3) is 1.69. The quantitative estimate of drug-likeness (QED) is 0.706. The number of nitrogens with one attached hydrogen (secondary N) is 1. The van der Waals surface area contributed by atoms with Crippen LogP contribution in [-0.2, 0) is 4.79 Å². The van der Waals surface area contributed by atoms with Gasteiger partial charge in [0.2, 0.25) is 5.91 Å². The van der Waals surface area contributed by atoms with Crippen molar-refractivity contribution in [3.63, 3.8) is 0 Å². The van der Waals surface area contributed by atoms with Crippen molar-refractivity contribution < 1.29 is 9.53 Å². The van der Waals surface area contributed by atoms with E-state index in [1.807, 2.05) is 45.0 Å². The van der Waals surface area contributed by atoms with E-state index in [1.54, 1.807) is 0 Å². The van der Waals surface area contributed by atoms with Gasteiger partial charge in [-0.25, -0.2) is 0 Å². The number of fused-ring (bicyclic) bond motifs is 1. The van der Waals surface area contributed by atoms with Gasteiger partial charge in [-0.3, -0.25) is 4.79 Å². The highest BCUT2D eigenvalue weighted by Crippen LogP contribution is 2.34. The van der Waals surface area contributed by atoms with Crippen molar-refractivity contribution >= 4 is 11.6 Å². The summed E-state index contributed by atoms with van der Waals surface area (Å²) in [5, 5.41) is 2.86. The smallest absolute Gasteiger partial charge is 0.231 e. The van der Waals surface area contributed by atoms with Gasteiger partial charge in [-0.15, -0.1) is 0 Å². The monoisotopic (exact) mass is 205 g/mol. The van der Waals surface area contributed by atoms with Crippen LogP contribution in [0.2, 0.25) is 0 Å². The Bertz CT molecular complexity index is 398. The molecule has 0 aliphatic carbocycles. The summed E-state index contributed by atoms with van der Waals surface area (Å²) in [6.45, 7) is 5.74. The van der Waals surface area contributed by atoms with Gasteiger partial charge >= 0.3 is 0 Å². The summed E-state index contributed by atoms with van der Waals surface area (Å²) >= 11 is 0. The SMILES string of the molecule is CC1C(=O)Nc2ccccc2OC1(C)C. The number of para-hydroxylation sites is 2. The molecule has 15 heavy (non-hydrogen) atoms. The molecule has 0 bridgehead atoms. The molecule has 0 spiro atoms. The summed E-state index contributed by atoms with van der Waals surface area (Å²) in [4.78, 5) is 11.8. The Morgan fingerprint density at radius 3 is 2.73 bits per heavy atom. The molecule has 2 rings (SSSR count). The number of carbonyl (C=O) groups excluding carboxylic acids is 1. The van der Waals surface area contributed by atoms with Crippen LogP contribution in [-0.4, -0.2) is 11.5 Å². The van der Waals surface area contributed by atoms with E-state index in [0.29, 0.717) is 0 Å². The maximum atomic E-state index is 11.8. The molecule has 0 fully saturated rings. The predicted octanol–water partition coefficient (Wildman–Crippen LogP) is 2.43. The van der Waals surface area contributed by atoms with Crippen molar-refractivity contribution in [2.45, 2.75) is 26.4 Å². The molecule has 1 aliphatic heterocycles. The average Bonchev–Trinajstić information content (AvgIpc) is 2.26. The minimum Gasteiger partial charge on any atom is -0.485 e. The fourth-order valence-corrected chi connectivity index (χ4v) is 1.59. The molecule has 1 aromatic carbocycles. The lowest BCUT2D eigenvalue weighted by Crippen LogP contribution is -2.40. The van der Waals surface area contributed by atoms with E-state index in [4.69, 9.17) is 4.74 Å². The van der Waals surface area contributed by atoms with Crippen LogP contribution in [0.3, 0.4) is 0 Å². The van der Waals surface area contributed by atoms with Crippen molar-refractivity contribution in [2.24, 2.45) is 5.92 Å². The summed E-state index contributed by atoms with van der Waals surface area (Å²) in [7, 11) is 0. The molecule has 80 valence electrons. The number of benzene rings is 1. The maximum absolute atomic E-state index is 11.8. The molecule has 1 amide bonds. The Hall–Kier alpha value is -1.51. The first-order valence-electron chi connectivity index (χ1n) is 5.09. The highest BCUT2D eigenvalue weighted by Gasteiger charge is 2.36. The van der Waals surface area contributed by atoms with Crippen molar-refractivity contribution in [1.82, 2.24) is 0 Å². The molecular weight excluding hydrogens is 190 g/mol. The van der Waals surface area contributed by atoms with E-state index in [9.17, 15) is 4.79 Å². The summed E-state index contributed by atoms with van der Waals surface area (Å²) in [6, 6.07) is 7.50. The minimum absolute atomic E-state index is 0.00458. The number of amides is 1. The number of hydrogen-bond donors (Lipinski definition) is 1. The second-order valence-electron chi connectivity index (χ2n) is 4.41. The van der Waals surface area contributed by atoms with E-state index in [0.717, 1.165) is 11.4 Å². The Kier molecular flexibility index (Phi) is 2.18. The van der Waals surface area contributed by atoms with E-state index in [2.05, 4.69) is 5.32 Å². The normalized spacial score (nSPS) is 23.4. The van der Waals surface area contributed by atoms with Crippen LogP contribution in [0, 0.1) is 5.92 Å². The lowest BCUT2D eigenvalue weighted by Gasteiger charge is -2.28. The van der Waals surface area contributed by atoms with E-state index in [1.165, 1.54) is 0 Å². The first kappa shape index (κ1) is 10.0. The van der Waals surface area contributed by atoms with E-state index in [-0.39, 0.29) is 11.8 Å². The molecule has 3 nitrogen and oxygen atoms in total. The lowest BCUT2D eigenvalue weighted by atomic mass is 9.92. The van der Waals surface area contributed by atoms with Crippen LogP contribution < -0.4 is 10.1 Å². The molecular formula is C12H15NO2. The van der Waals surface area contributed by atoms with Gasteiger partial charge in [0.1, 0.15) is 11.4 Å². The lowest BCUT2D eigenvalue weighted by molar-refractivity contribution is -0.124. The van der Waals surface area contributed by atoms with Crippen molar-refractivity contribution in [1.29, 1.82) is 0 Å². The number of rotatable bonds is 0. The van der Waals surface area contributed by atoms with Gasteiger partial charge in [0.25, 0.3) is 0 Å². The number of ether oxygens (including phenoxy) is 1. The highest BCUT2D eigenvalue weighted by molar-refractivity contribution is 5.95. The topological polar surface area (TPSA) is 38.3 Å². The van der Waals surface area contributed by atoms with Crippen LogP contribution in [0.15, 0.2) is 24.3 Å². The van der Waals surface area contributed by atoms with Gasteiger partial charge < -0.3 is 10.1 Å². The molecule has 1 heterocycles. The van der Waals surface area contributed by atoms with Crippen LogP contribution in [0.1, 0.15) is 20.8 Å². The van der Waals surface area contributed by atoms with Crippen molar-refractivity contribution in [3.05, 3.63) is 24.3 Å². The van der Waals surface area contributed by atoms with Crippen LogP contribution in [0.5, 0.6) is 5.75 Å². The summed E-state index contributed by atoms with van der Waals surface area (Å²) in [5.74, 6) is 0.565. The van der Waals surface area contributed by atoms with Gasteiger partial charge in [0.15, 0.2) is 0 Å². The highest BCUT2D eigenvalue weighted by atomic mass is 16.5. The van der Waals surface area contributed by atoms with E-state index < -0.39 is 5.60 Å². The molecule has 0 radical (unpaired) electrons. The first-order chi connectivity index (χ1) is 7.00. The third-order valence-electron chi connectivity index (χ3n) is 2.95. The molecule has 1 aromatic rings. The zero-order valence-corrected chi connectivity index (χ0v) is 9.20. The number of carbonyl (C=O) groups is 1. The maximum Gasteiger partial charge on any atom is 0.231 e. The average molecular weight is 205 g/mol. The van der Waals surface area contributed by atoms with Crippen molar-refractivity contribution in [3.8, 4) is 5.75 Å². The predicted molar refractivity (Wildman–Crippen MR) is 58.9 cm³/mol. The second-order valence-corrected chi connectivity index (χ2v) is 4.41. The molecule has 0 aromatic heterocycles. The third-order valence-corrected chi connectivity index (χ3v) is 2.95. The largest absolute Gasteiger partial charge is 0.485 e. The van der Waals surface area contributed by atoms with Crippen molar-refractivity contribution in [2.75, 3.05) is 5.32 Å². The molecule has 1 atom stereocenters. The zero-order chi connectivity index (χ0) is 11.1. The van der Waals surface area contributed by atoms with Gasteiger partial charge in [-0.2, -0.15) is 0 Å². The summed E-state index contributed by atoms with van der Waals surface area (Å²) < 4.78 is 5.84. The Labute approximate surface area is 89.4 Å². The standard InChI is InChI=1S/C12H15NO2/c1-8-11(14)13-9-6-4-5-7-10(9)15-12(8,2)3/h4-8H,1-3H3,(H,13,14). The molecule has 1 N–H and O–H groups in total. The minimum atomic E-state index is -0.476. The van der Waals surface area contributed by atoms with E-state index >= 15 is 0 Å². The van der Waals surface area contributed by atoms with Crippen LogP contribution in [0.4, 0.5) is 5.69 Å². The zero-order valence-electron chi connectivity index (χ0n) is 9.20. The van der Waals surface area contributed by atoms with Crippen LogP contribution >= 0.6 is 0 Å². The first-order valence-corrected chi connectivity index (χ1v) is 5.09. The molecule has 1 aliphatic rings. The molecule has 3 heteroatoms. The fourth-order valence-electron chi connectivity index (χ4n) is 1.59. The van der Waals surface area contributed by atoms with Gasteiger partial charge in [0, 0.05) is 0 Å². The fraction of sp³-hybridized carbons (Fsp3) is 0.417. The van der Waals surface area contributed by atoms with Gasteiger partial charge in [0.05, 0.1) is 11.6 Å². The molecule has 0 saturated heterocycles. The summed E-state index contributed by atoms with van der Waals surface area (Å²) in [6.07, 6.45) is 0. The van der Waals surface area contributed by atoms with Gasteiger partial charge in [-0.05, 0) is 32.9 Å². The van der Waals surface area contributed by atoms with Gasteiger partial charge in [-0.1, -0.05) is 12.1 Å². The Balaban J connectivity index is 2.46. The second kappa shape index (κ2) is 3.26. The Morgan fingerprint density at radius 2 is 2.00 bits per heavy atom.